The molecule has 0 fully saturated rings. The molecular formula is C22H22Br2N4O5. The van der Waals surface area contributed by atoms with Crippen molar-refractivity contribution in [3.63, 3.8) is 0 Å². The Kier molecular flexibility index (Phi) is 7.71. The maximum Gasteiger partial charge on any atom is 0.306 e. The van der Waals surface area contributed by atoms with Gasteiger partial charge in [0.1, 0.15) is 17.5 Å². The van der Waals surface area contributed by atoms with Crippen LogP contribution >= 0.6 is 31.9 Å². The number of aliphatic hydroxyl groups is 1. The molecule has 11 heteroatoms. The summed E-state index contributed by atoms with van der Waals surface area (Å²) in [5.74, 6) is -0.422. The smallest absolute Gasteiger partial charge is 0.306 e. The highest BCUT2D eigenvalue weighted by Crippen LogP contribution is 2.28. The lowest BCUT2D eigenvalue weighted by Crippen LogP contribution is -2.47. The van der Waals surface area contributed by atoms with Crippen LogP contribution in [0.15, 0.2) is 55.9 Å². The number of ether oxygens (including phenoxy) is 1. The van der Waals surface area contributed by atoms with Gasteiger partial charge in [-0.2, -0.15) is 0 Å². The van der Waals surface area contributed by atoms with Crippen molar-refractivity contribution >= 4 is 49.3 Å². The fraction of sp³-hybridized carbons (Fsp3) is 0.409. The second-order valence-electron chi connectivity index (χ2n) is 7.69. The Hall–Kier alpha value is -2.37. The number of carbonyl (C=O) groups excluding carboxylic acids is 1. The number of carbonyl (C=O) groups is 1. The summed E-state index contributed by atoms with van der Waals surface area (Å²) in [6.07, 6.45) is 1.25. The van der Waals surface area contributed by atoms with E-state index >= 15 is 0 Å². The molecule has 0 aliphatic carbocycles. The molecule has 0 aromatic carbocycles. The van der Waals surface area contributed by atoms with E-state index in [2.05, 4.69) is 52.1 Å². The van der Waals surface area contributed by atoms with E-state index in [-0.39, 0.29) is 6.42 Å². The molecule has 33 heavy (non-hydrogen) atoms. The molecular weight excluding hydrogens is 560 g/mol. The van der Waals surface area contributed by atoms with Gasteiger partial charge in [-0.05, 0) is 62.5 Å². The second kappa shape index (κ2) is 10.7. The number of hydrogen-bond donors (Lipinski definition) is 1. The van der Waals surface area contributed by atoms with Crippen LogP contribution in [0.25, 0.3) is 0 Å². The fourth-order valence-corrected chi connectivity index (χ4v) is 4.01. The summed E-state index contributed by atoms with van der Waals surface area (Å²) in [4.78, 5) is 32.1. The van der Waals surface area contributed by atoms with Crippen molar-refractivity contribution in [1.82, 2.24) is 9.97 Å². The van der Waals surface area contributed by atoms with Crippen LogP contribution in [0.4, 0.5) is 0 Å². The van der Waals surface area contributed by atoms with Crippen LogP contribution in [0.3, 0.4) is 0 Å². The van der Waals surface area contributed by atoms with Crippen molar-refractivity contribution in [1.29, 1.82) is 0 Å². The molecule has 0 bridgehead atoms. The van der Waals surface area contributed by atoms with Crippen LogP contribution in [0, 0.1) is 0 Å². The minimum absolute atomic E-state index is 0.230. The first-order valence-electron chi connectivity index (χ1n) is 10.5. The SMILES string of the molecule is CCCC(=O)OC([C@H](O)C1CC(c2ccc(Br)cn2)=NO1)[C@@H]1CC(c2ccc(Br)cn2)=NO1. The predicted octanol–water partition coefficient (Wildman–Crippen LogP) is 3.76. The molecule has 2 unspecified atom stereocenters. The number of nitrogens with zero attached hydrogens (tertiary/aromatic N) is 4. The third kappa shape index (κ3) is 5.77. The molecule has 4 atom stereocenters. The van der Waals surface area contributed by atoms with Gasteiger partial charge in [-0.1, -0.05) is 17.2 Å². The monoisotopic (exact) mass is 580 g/mol. The zero-order chi connectivity index (χ0) is 23.4. The zero-order valence-electron chi connectivity index (χ0n) is 17.7. The van der Waals surface area contributed by atoms with Crippen molar-refractivity contribution in [3.8, 4) is 0 Å². The largest absolute Gasteiger partial charge is 0.455 e. The first kappa shape index (κ1) is 23.8. The van der Waals surface area contributed by atoms with Gasteiger partial charge in [-0.25, -0.2) is 0 Å². The summed E-state index contributed by atoms with van der Waals surface area (Å²) in [7, 11) is 0. The molecule has 1 N–H and O–H groups in total. The van der Waals surface area contributed by atoms with Gasteiger partial charge in [0, 0.05) is 40.6 Å². The molecule has 0 saturated heterocycles. The normalized spacial score (nSPS) is 21.5. The van der Waals surface area contributed by atoms with Crippen molar-refractivity contribution in [2.75, 3.05) is 0 Å². The van der Waals surface area contributed by atoms with Crippen LogP contribution in [0.2, 0.25) is 0 Å². The Labute approximate surface area is 207 Å². The molecule has 0 spiro atoms. The number of aliphatic hydroxyl groups excluding tert-OH is 1. The van der Waals surface area contributed by atoms with Crippen LogP contribution in [0.1, 0.15) is 44.0 Å². The van der Waals surface area contributed by atoms with Crippen molar-refractivity contribution in [3.05, 3.63) is 57.0 Å². The van der Waals surface area contributed by atoms with E-state index in [1.165, 1.54) is 0 Å². The van der Waals surface area contributed by atoms with Crippen LogP contribution in [0.5, 0.6) is 0 Å². The highest BCUT2D eigenvalue weighted by atomic mass is 79.9. The molecule has 0 amide bonds. The summed E-state index contributed by atoms with van der Waals surface area (Å²) >= 11 is 6.71. The maximum absolute atomic E-state index is 12.3. The maximum atomic E-state index is 12.3. The lowest BCUT2D eigenvalue weighted by molar-refractivity contribution is -0.176. The quantitative estimate of drug-likeness (QED) is 0.472. The van der Waals surface area contributed by atoms with E-state index in [0.29, 0.717) is 42.1 Å². The molecule has 4 rings (SSSR count). The van der Waals surface area contributed by atoms with E-state index in [4.69, 9.17) is 14.4 Å². The number of hydrogen-bond acceptors (Lipinski definition) is 9. The van der Waals surface area contributed by atoms with Crippen molar-refractivity contribution in [2.45, 2.75) is 57.0 Å². The number of pyridine rings is 2. The number of rotatable bonds is 8. The van der Waals surface area contributed by atoms with E-state index in [0.717, 1.165) is 8.95 Å². The molecule has 2 aliphatic heterocycles. The lowest BCUT2D eigenvalue weighted by Gasteiger charge is -2.28. The summed E-state index contributed by atoms with van der Waals surface area (Å²) < 4.78 is 7.33. The van der Waals surface area contributed by atoms with Crippen LogP contribution in [-0.2, 0) is 19.2 Å². The Balaban J connectivity index is 1.46. The highest BCUT2D eigenvalue weighted by Gasteiger charge is 2.44. The predicted molar refractivity (Wildman–Crippen MR) is 127 cm³/mol. The number of esters is 1. The molecule has 174 valence electrons. The van der Waals surface area contributed by atoms with Gasteiger partial charge in [-0.15, -0.1) is 0 Å². The summed E-state index contributed by atoms with van der Waals surface area (Å²) in [5, 5.41) is 19.3. The van der Waals surface area contributed by atoms with Crippen molar-refractivity contribution in [2.24, 2.45) is 10.3 Å². The van der Waals surface area contributed by atoms with Crippen LogP contribution in [-0.4, -0.2) is 56.9 Å². The minimum atomic E-state index is -1.18. The molecule has 9 nitrogen and oxygen atoms in total. The van der Waals surface area contributed by atoms with Gasteiger partial charge in [0.25, 0.3) is 0 Å². The highest BCUT2D eigenvalue weighted by molar-refractivity contribution is 9.10. The van der Waals surface area contributed by atoms with E-state index < -0.39 is 30.4 Å². The van der Waals surface area contributed by atoms with E-state index in [1.54, 1.807) is 12.4 Å². The van der Waals surface area contributed by atoms with E-state index in [1.807, 2.05) is 31.2 Å². The van der Waals surface area contributed by atoms with Gasteiger partial charge in [0.05, 0.1) is 11.4 Å². The first-order chi connectivity index (χ1) is 15.9. The molecule has 0 saturated carbocycles. The molecule has 2 aromatic heterocycles. The zero-order valence-corrected chi connectivity index (χ0v) is 20.9. The third-order valence-electron chi connectivity index (χ3n) is 5.24. The Morgan fingerprint density at radius 3 is 2.09 bits per heavy atom. The van der Waals surface area contributed by atoms with E-state index in [9.17, 15) is 9.90 Å². The molecule has 2 aromatic rings. The average molecular weight is 582 g/mol. The molecule has 4 heterocycles. The van der Waals surface area contributed by atoms with Gasteiger partial charge >= 0.3 is 5.97 Å². The van der Waals surface area contributed by atoms with Gasteiger partial charge in [-0.3, -0.25) is 14.8 Å². The summed E-state index contributed by atoms with van der Waals surface area (Å²) in [6.45, 7) is 1.88. The average Bonchev–Trinajstić information content (AvgIpc) is 3.49. The standard InChI is InChI=1S/C22H22Br2N4O5/c1-2-3-20(29)31-22(19-9-17(28-33-19)15-7-5-13(24)11-26-15)21(30)18-8-16(27-32-18)14-6-4-12(23)10-25-14/h4-7,10-11,18-19,21-22,30H,2-3,8-9H2,1H3/t18?,19-,21+,22?/m0/s1. The Bertz CT molecular complexity index is 1050. The van der Waals surface area contributed by atoms with Gasteiger partial charge in [0.2, 0.25) is 0 Å². The van der Waals surface area contributed by atoms with Gasteiger partial charge in [0.15, 0.2) is 18.3 Å². The second-order valence-corrected chi connectivity index (χ2v) is 9.52. The Morgan fingerprint density at radius 2 is 1.58 bits per heavy atom. The summed E-state index contributed by atoms with van der Waals surface area (Å²) in [5.41, 5.74) is 2.52. The number of oxime groups is 2. The van der Waals surface area contributed by atoms with Crippen molar-refractivity contribution < 1.29 is 24.3 Å². The topological polar surface area (TPSA) is 115 Å². The number of aromatic nitrogens is 2. The Morgan fingerprint density at radius 1 is 1.03 bits per heavy atom. The van der Waals surface area contributed by atoms with Crippen LogP contribution < -0.4 is 0 Å². The summed E-state index contributed by atoms with van der Waals surface area (Å²) in [6, 6.07) is 7.33. The molecule has 2 aliphatic rings. The fourth-order valence-electron chi connectivity index (χ4n) is 3.54. The lowest BCUT2D eigenvalue weighted by atomic mass is 9.95. The molecule has 0 radical (unpaired) electrons. The first-order valence-corrected chi connectivity index (χ1v) is 12.1. The third-order valence-corrected chi connectivity index (χ3v) is 6.18. The number of halogens is 2. The minimum Gasteiger partial charge on any atom is -0.455 e. The van der Waals surface area contributed by atoms with Gasteiger partial charge < -0.3 is 19.5 Å².